The Balaban J connectivity index is 1.71. The number of carboxylic acid groups (broad SMARTS) is 1. The van der Waals surface area contributed by atoms with Gasteiger partial charge in [0.1, 0.15) is 11.9 Å². The third kappa shape index (κ3) is 4.20. The van der Waals surface area contributed by atoms with Crippen LogP contribution in [0.1, 0.15) is 31.3 Å². The molecule has 0 saturated carbocycles. The molecule has 8 heteroatoms. The van der Waals surface area contributed by atoms with Crippen molar-refractivity contribution in [3.05, 3.63) is 70.6 Å². The van der Waals surface area contributed by atoms with Gasteiger partial charge in [0.25, 0.3) is 5.91 Å². The summed E-state index contributed by atoms with van der Waals surface area (Å²) in [4.78, 5) is 34.5. The van der Waals surface area contributed by atoms with Crippen molar-refractivity contribution in [1.82, 2.24) is 15.3 Å². The van der Waals surface area contributed by atoms with Crippen molar-refractivity contribution in [1.29, 1.82) is 0 Å². The molecule has 7 nitrogen and oxygen atoms in total. The number of hydrogen-bond acceptors (Lipinski definition) is 3. The molecule has 0 unspecified atom stereocenters. The van der Waals surface area contributed by atoms with Crippen molar-refractivity contribution in [2.75, 3.05) is 4.90 Å². The van der Waals surface area contributed by atoms with Crippen LogP contribution in [0.25, 0.3) is 11.3 Å². The van der Waals surface area contributed by atoms with Crippen molar-refractivity contribution < 1.29 is 14.7 Å². The molecule has 1 aliphatic heterocycles. The number of fused-ring (bicyclic) bond motifs is 1. The molecular formula is C23H23BrN4O3. The lowest BCUT2D eigenvalue weighted by atomic mass is 10.0. The molecule has 0 fully saturated rings. The lowest BCUT2D eigenvalue weighted by molar-refractivity contribution is -0.121. The van der Waals surface area contributed by atoms with Gasteiger partial charge in [-0.15, -0.1) is 0 Å². The van der Waals surface area contributed by atoms with Crippen molar-refractivity contribution in [2.24, 2.45) is 5.92 Å². The number of amides is 2. The SMILES string of the molecule is CC(C)[C@H](NC(=O)O)C(=O)N1c2ccccc2C[C@H]1c1ncc(-c2ccc(Br)cc2)[nH]1. The van der Waals surface area contributed by atoms with E-state index < -0.39 is 12.1 Å². The molecule has 0 aliphatic carbocycles. The molecule has 2 aromatic carbocycles. The highest BCUT2D eigenvalue weighted by Gasteiger charge is 2.40. The normalized spacial score (nSPS) is 16.3. The predicted octanol–water partition coefficient (Wildman–Crippen LogP) is 4.76. The van der Waals surface area contributed by atoms with Crippen molar-refractivity contribution in [3.8, 4) is 11.3 Å². The molecule has 0 radical (unpaired) electrons. The smallest absolute Gasteiger partial charge is 0.405 e. The van der Waals surface area contributed by atoms with E-state index in [9.17, 15) is 14.7 Å². The summed E-state index contributed by atoms with van der Waals surface area (Å²) in [5.41, 5.74) is 3.66. The fourth-order valence-electron chi connectivity index (χ4n) is 3.96. The van der Waals surface area contributed by atoms with Crippen LogP contribution in [-0.2, 0) is 11.2 Å². The van der Waals surface area contributed by atoms with Crippen LogP contribution >= 0.6 is 15.9 Å². The van der Waals surface area contributed by atoms with Gasteiger partial charge in [0.15, 0.2) is 0 Å². The molecule has 1 aromatic heterocycles. The number of para-hydroxylation sites is 1. The number of carbonyl (C=O) groups excluding carboxylic acids is 1. The van der Waals surface area contributed by atoms with Crippen molar-refractivity contribution in [3.63, 3.8) is 0 Å². The van der Waals surface area contributed by atoms with Crippen LogP contribution in [-0.4, -0.2) is 33.1 Å². The Bertz CT molecular complexity index is 1110. The Morgan fingerprint density at radius 2 is 1.90 bits per heavy atom. The first-order chi connectivity index (χ1) is 14.8. The fourth-order valence-corrected chi connectivity index (χ4v) is 4.22. The number of imidazole rings is 1. The summed E-state index contributed by atoms with van der Waals surface area (Å²) in [6.45, 7) is 3.65. The molecule has 160 valence electrons. The zero-order valence-electron chi connectivity index (χ0n) is 17.2. The quantitative estimate of drug-likeness (QED) is 0.487. The molecule has 2 amide bonds. The minimum atomic E-state index is -1.22. The van der Waals surface area contributed by atoms with Gasteiger partial charge in [0, 0.05) is 16.6 Å². The summed E-state index contributed by atoms with van der Waals surface area (Å²) in [7, 11) is 0. The molecule has 3 N–H and O–H groups in total. The van der Waals surface area contributed by atoms with E-state index in [1.807, 2.05) is 62.4 Å². The van der Waals surface area contributed by atoms with Gasteiger partial charge >= 0.3 is 6.09 Å². The summed E-state index contributed by atoms with van der Waals surface area (Å²) in [6, 6.07) is 14.4. The summed E-state index contributed by atoms with van der Waals surface area (Å²) in [5.74, 6) is 0.182. The highest BCUT2D eigenvalue weighted by molar-refractivity contribution is 9.10. The van der Waals surface area contributed by atoms with E-state index in [1.54, 1.807) is 11.1 Å². The minimum Gasteiger partial charge on any atom is -0.465 e. The van der Waals surface area contributed by atoms with E-state index in [-0.39, 0.29) is 17.9 Å². The number of anilines is 1. The number of nitrogens with zero attached hydrogens (tertiary/aromatic N) is 2. The van der Waals surface area contributed by atoms with Crippen LogP contribution in [0.5, 0.6) is 0 Å². The van der Waals surface area contributed by atoms with Crippen molar-refractivity contribution >= 4 is 33.6 Å². The lowest BCUT2D eigenvalue weighted by Crippen LogP contribution is -2.51. The van der Waals surface area contributed by atoms with E-state index in [0.717, 1.165) is 27.0 Å². The lowest BCUT2D eigenvalue weighted by Gasteiger charge is -2.30. The maximum Gasteiger partial charge on any atom is 0.405 e. The average Bonchev–Trinajstić information content (AvgIpc) is 3.36. The second kappa shape index (κ2) is 8.55. The van der Waals surface area contributed by atoms with Gasteiger partial charge in [-0.3, -0.25) is 9.69 Å². The number of H-pyrrole nitrogens is 1. The summed E-state index contributed by atoms with van der Waals surface area (Å²) >= 11 is 3.44. The van der Waals surface area contributed by atoms with Gasteiger partial charge < -0.3 is 15.4 Å². The maximum absolute atomic E-state index is 13.5. The van der Waals surface area contributed by atoms with Crippen molar-refractivity contribution in [2.45, 2.75) is 32.4 Å². The molecular weight excluding hydrogens is 460 g/mol. The number of carbonyl (C=O) groups is 2. The standard InChI is InChI=1S/C23H23BrN4O3/c1-13(2)20(27-23(30)31)22(29)28-18-6-4-3-5-15(18)11-19(28)21-25-12-17(26-21)14-7-9-16(24)10-8-14/h3-10,12-13,19-20,27H,11H2,1-2H3,(H,25,26)(H,30,31)/t19-,20-/m0/s1. The van der Waals surface area contributed by atoms with Crippen LogP contribution in [0.4, 0.5) is 10.5 Å². The second-order valence-electron chi connectivity index (χ2n) is 7.92. The molecule has 31 heavy (non-hydrogen) atoms. The Kier molecular flexibility index (Phi) is 5.82. The van der Waals surface area contributed by atoms with Crippen LogP contribution in [0.3, 0.4) is 0 Å². The van der Waals surface area contributed by atoms with Crippen LogP contribution in [0, 0.1) is 5.92 Å². The van der Waals surface area contributed by atoms with Gasteiger partial charge in [-0.05, 0) is 35.2 Å². The van der Waals surface area contributed by atoms with E-state index in [2.05, 4.69) is 31.2 Å². The van der Waals surface area contributed by atoms with E-state index >= 15 is 0 Å². The molecule has 2 heterocycles. The third-order valence-corrected chi connectivity index (χ3v) is 6.02. The third-order valence-electron chi connectivity index (χ3n) is 5.49. The van der Waals surface area contributed by atoms with Crippen LogP contribution < -0.4 is 10.2 Å². The largest absolute Gasteiger partial charge is 0.465 e. The summed E-state index contributed by atoms with van der Waals surface area (Å²) < 4.78 is 0.990. The second-order valence-corrected chi connectivity index (χ2v) is 8.83. The highest BCUT2D eigenvalue weighted by atomic mass is 79.9. The minimum absolute atomic E-state index is 0.202. The first kappa shape index (κ1) is 21.1. The van der Waals surface area contributed by atoms with Gasteiger partial charge in [0.2, 0.25) is 0 Å². The Hall–Kier alpha value is -3.13. The van der Waals surface area contributed by atoms with Crippen LogP contribution in [0.15, 0.2) is 59.2 Å². The number of hydrogen-bond donors (Lipinski definition) is 3. The molecule has 4 rings (SSSR count). The predicted molar refractivity (Wildman–Crippen MR) is 122 cm³/mol. The molecule has 0 bridgehead atoms. The maximum atomic E-state index is 13.5. The van der Waals surface area contributed by atoms with E-state index in [1.165, 1.54) is 0 Å². The monoisotopic (exact) mass is 482 g/mol. The zero-order chi connectivity index (χ0) is 22.1. The van der Waals surface area contributed by atoms with Gasteiger partial charge in [-0.1, -0.05) is 60.1 Å². The van der Waals surface area contributed by atoms with E-state index in [0.29, 0.717) is 12.2 Å². The van der Waals surface area contributed by atoms with E-state index in [4.69, 9.17) is 0 Å². The van der Waals surface area contributed by atoms with Gasteiger partial charge in [-0.2, -0.15) is 0 Å². The summed E-state index contributed by atoms with van der Waals surface area (Å²) in [5, 5.41) is 11.6. The van der Waals surface area contributed by atoms with Gasteiger partial charge in [0.05, 0.1) is 17.9 Å². The summed E-state index contributed by atoms with van der Waals surface area (Å²) in [6.07, 6.45) is 1.15. The number of aromatic nitrogens is 2. The Labute approximate surface area is 188 Å². The molecule has 0 saturated heterocycles. The number of rotatable bonds is 5. The molecule has 3 aromatic rings. The van der Waals surface area contributed by atoms with Gasteiger partial charge in [-0.25, -0.2) is 9.78 Å². The number of benzene rings is 2. The highest BCUT2D eigenvalue weighted by Crippen LogP contribution is 2.40. The number of nitrogens with one attached hydrogen (secondary N) is 2. The first-order valence-electron chi connectivity index (χ1n) is 10.1. The molecule has 1 aliphatic rings. The fraction of sp³-hybridized carbons (Fsp3) is 0.261. The molecule has 0 spiro atoms. The molecule has 2 atom stereocenters. The topological polar surface area (TPSA) is 98.3 Å². The first-order valence-corrected chi connectivity index (χ1v) is 10.9. The Morgan fingerprint density at radius 3 is 2.58 bits per heavy atom. The number of aromatic amines is 1. The number of halogens is 1. The zero-order valence-corrected chi connectivity index (χ0v) is 18.8. The van der Waals surface area contributed by atoms with Crippen LogP contribution in [0.2, 0.25) is 0 Å². The Morgan fingerprint density at radius 1 is 1.19 bits per heavy atom. The average molecular weight is 483 g/mol.